The molecule has 1 aliphatic rings. The van der Waals surface area contributed by atoms with Crippen molar-refractivity contribution in [3.8, 4) is 0 Å². The largest absolute Gasteiger partial charge is 0.368 e. The molecule has 1 fully saturated rings. The van der Waals surface area contributed by atoms with E-state index in [1.54, 1.807) is 0 Å². The van der Waals surface area contributed by atoms with E-state index < -0.39 is 29.5 Å². The minimum Gasteiger partial charge on any atom is -0.368 e. The summed E-state index contributed by atoms with van der Waals surface area (Å²) in [4.78, 5) is 24.8. The van der Waals surface area contributed by atoms with Gasteiger partial charge in [-0.25, -0.2) is 8.78 Å². The molecule has 20 heavy (non-hydrogen) atoms. The number of halogens is 2. The third kappa shape index (κ3) is 2.93. The smallest absolute Gasteiger partial charge is 0.241 e. The van der Waals surface area contributed by atoms with Crippen LogP contribution in [0.25, 0.3) is 0 Å². The highest BCUT2D eigenvalue weighted by Crippen LogP contribution is 2.14. The van der Waals surface area contributed by atoms with E-state index in [-0.39, 0.29) is 18.5 Å². The zero-order chi connectivity index (χ0) is 14.7. The van der Waals surface area contributed by atoms with Crippen molar-refractivity contribution in [2.75, 3.05) is 19.6 Å². The van der Waals surface area contributed by atoms with Gasteiger partial charge in [-0.1, -0.05) is 12.1 Å². The lowest BCUT2D eigenvalue weighted by atomic mass is 10.1. The fourth-order valence-corrected chi connectivity index (χ4v) is 2.21. The molecule has 0 spiro atoms. The Bertz CT molecular complexity index is 536. The van der Waals surface area contributed by atoms with E-state index in [4.69, 9.17) is 5.73 Å². The Morgan fingerprint density at radius 2 is 2.15 bits per heavy atom. The summed E-state index contributed by atoms with van der Waals surface area (Å²) in [5.74, 6) is -3.10. The van der Waals surface area contributed by atoms with Gasteiger partial charge in [0.25, 0.3) is 0 Å². The first-order chi connectivity index (χ1) is 9.50. The summed E-state index contributed by atoms with van der Waals surface area (Å²) in [5.41, 5.74) is 5.21. The molecular weight excluding hydrogens is 268 g/mol. The van der Waals surface area contributed by atoms with Crippen LogP contribution < -0.4 is 11.1 Å². The molecule has 1 saturated heterocycles. The van der Waals surface area contributed by atoms with E-state index in [9.17, 15) is 18.4 Å². The van der Waals surface area contributed by atoms with Crippen LogP contribution in [0.3, 0.4) is 0 Å². The number of piperazine rings is 1. The van der Waals surface area contributed by atoms with Crippen molar-refractivity contribution in [1.29, 1.82) is 0 Å². The number of primary amides is 1. The number of carbonyl (C=O) groups is 2. The zero-order valence-electron chi connectivity index (χ0n) is 10.7. The number of nitrogens with zero attached hydrogens (tertiary/aromatic N) is 1. The highest BCUT2D eigenvalue weighted by Gasteiger charge is 2.30. The lowest BCUT2D eigenvalue weighted by Gasteiger charge is -2.34. The van der Waals surface area contributed by atoms with Gasteiger partial charge >= 0.3 is 0 Å². The predicted octanol–water partition coefficient (Wildman–Crippen LogP) is -0.207. The first kappa shape index (κ1) is 14.4. The van der Waals surface area contributed by atoms with Crippen LogP contribution in [0.4, 0.5) is 8.78 Å². The van der Waals surface area contributed by atoms with Crippen molar-refractivity contribution < 1.29 is 18.4 Å². The summed E-state index contributed by atoms with van der Waals surface area (Å²) in [7, 11) is 0. The van der Waals surface area contributed by atoms with Gasteiger partial charge in [0.05, 0.1) is 6.42 Å². The molecule has 0 bridgehead atoms. The quantitative estimate of drug-likeness (QED) is 0.806. The van der Waals surface area contributed by atoms with Crippen molar-refractivity contribution >= 4 is 11.8 Å². The summed E-state index contributed by atoms with van der Waals surface area (Å²) < 4.78 is 26.6. The van der Waals surface area contributed by atoms with E-state index in [1.165, 1.54) is 17.0 Å². The summed E-state index contributed by atoms with van der Waals surface area (Å²) in [5, 5.41) is 2.96. The van der Waals surface area contributed by atoms with Crippen LogP contribution in [0, 0.1) is 11.6 Å². The second-order valence-electron chi connectivity index (χ2n) is 4.60. The molecule has 0 aromatic heterocycles. The fraction of sp³-hybridized carbons (Fsp3) is 0.385. The molecule has 0 saturated carbocycles. The molecule has 3 N–H and O–H groups in total. The molecule has 5 nitrogen and oxygen atoms in total. The maximum Gasteiger partial charge on any atom is 0.241 e. The fourth-order valence-electron chi connectivity index (χ4n) is 2.21. The minimum absolute atomic E-state index is 0.0308. The van der Waals surface area contributed by atoms with E-state index in [0.29, 0.717) is 13.1 Å². The number of nitrogens with two attached hydrogens (primary N) is 1. The molecule has 1 heterocycles. The number of benzene rings is 1. The molecule has 7 heteroatoms. The highest BCUT2D eigenvalue weighted by atomic mass is 19.2. The summed E-state index contributed by atoms with van der Waals surface area (Å²) in [6.45, 7) is 1.11. The van der Waals surface area contributed by atoms with Crippen molar-refractivity contribution in [2.24, 2.45) is 5.73 Å². The summed E-state index contributed by atoms with van der Waals surface area (Å²) >= 11 is 0. The Kier molecular flexibility index (Phi) is 4.29. The number of hydrogen-bond donors (Lipinski definition) is 2. The number of rotatable bonds is 3. The van der Waals surface area contributed by atoms with Crippen molar-refractivity contribution in [1.82, 2.24) is 10.2 Å². The maximum absolute atomic E-state index is 13.5. The Balaban J connectivity index is 2.14. The second kappa shape index (κ2) is 5.96. The van der Waals surface area contributed by atoms with E-state index in [1.807, 2.05) is 0 Å². The molecular formula is C13H15F2N3O2. The first-order valence-electron chi connectivity index (χ1n) is 6.23. The molecule has 1 aromatic rings. The third-order valence-corrected chi connectivity index (χ3v) is 3.27. The molecule has 1 aromatic carbocycles. The van der Waals surface area contributed by atoms with Gasteiger partial charge in [-0.2, -0.15) is 0 Å². The molecule has 1 unspecified atom stereocenters. The van der Waals surface area contributed by atoms with Crippen molar-refractivity contribution in [2.45, 2.75) is 12.5 Å². The Labute approximate surface area is 114 Å². The standard InChI is InChI=1S/C13H15F2N3O2/c14-9-3-1-2-8(12(9)15)6-11(19)18-5-4-17-7-10(18)13(16)20/h1-3,10,17H,4-7H2,(H2,16,20). The number of nitrogens with one attached hydrogen (secondary N) is 1. The lowest BCUT2D eigenvalue weighted by molar-refractivity contribution is -0.139. The lowest BCUT2D eigenvalue weighted by Crippen LogP contribution is -2.59. The van der Waals surface area contributed by atoms with Crippen LogP contribution in [-0.4, -0.2) is 42.4 Å². The second-order valence-corrected chi connectivity index (χ2v) is 4.60. The third-order valence-electron chi connectivity index (χ3n) is 3.27. The summed E-state index contributed by atoms with van der Waals surface area (Å²) in [6.07, 6.45) is -0.298. The number of hydrogen-bond acceptors (Lipinski definition) is 3. The van der Waals surface area contributed by atoms with Gasteiger partial charge in [0, 0.05) is 25.2 Å². The van der Waals surface area contributed by atoms with Crippen LogP contribution in [0.15, 0.2) is 18.2 Å². The zero-order valence-corrected chi connectivity index (χ0v) is 10.7. The van der Waals surface area contributed by atoms with Gasteiger partial charge < -0.3 is 16.0 Å². The van der Waals surface area contributed by atoms with Gasteiger partial charge in [-0.3, -0.25) is 9.59 Å². The highest BCUT2D eigenvalue weighted by molar-refractivity contribution is 5.88. The summed E-state index contributed by atoms with van der Waals surface area (Å²) in [6, 6.07) is 2.91. The monoisotopic (exact) mass is 283 g/mol. The average molecular weight is 283 g/mol. The first-order valence-corrected chi connectivity index (χ1v) is 6.23. The Morgan fingerprint density at radius 3 is 2.85 bits per heavy atom. The molecule has 1 aliphatic heterocycles. The van der Waals surface area contributed by atoms with Gasteiger partial charge in [0.1, 0.15) is 6.04 Å². The van der Waals surface area contributed by atoms with Gasteiger partial charge in [-0.15, -0.1) is 0 Å². The topological polar surface area (TPSA) is 75.4 Å². The van der Waals surface area contributed by atoms with Crippen LogP contribution >= 0.6 is 0 Å². The van der Waals surface area contributed by atoms with E-state index in [2.05, 4.69) is 5.32 Å². The van der Waals surface area contributed by atoms with Gasteiger partial charge in [0.2, 0.25) is 11.8 Å². The predicted molar refractivity (Wildman–Crippen MR) is 67.6 cm³/mol. The van der Waals surface area contributed by atoms with Crippen molar-refractivity contribution in [3.63, 3.8) is 0 Å². The molecule has 0 radical (unpaired) electrons. The Hall–Kier alpha value is -2.02. The van der Waals surface area contributed by atoms with E-state index in [0.717, 1.165) is 6.07 Å². The average Bonchev–Trinajstić information content (AvgIpc) is 2.43. The minimum atomic E-state index is -1.04. The van der Waals surface area contributed by atoms with Crippen LogP contribution in [0.5, 0.6) is 0 Å². The SMILES string of the molecule is NC(=O)C1CNCCN1C(=O)Cc1cccc(F)c1F. The molecule has 2 amide bonds. The molecule has 108 valence electrons. The van der Waals surface area contributed by atoms with Crippen LogP contribution in [0.1, 0.15) is 5.56 Å². The number of carbonyl (C=O) groups excluding carboxylic acids is 2. The Morgan fingerprint density at radius 1 is 1.40 bits per heavy atom. The number of amides is 2. The van der Waals surface area contributed by atoms with Crippen molar-refractivity contribution in [3.05, 3.63) is 35.4 Å². The normalized spacial score (nSPS) is 18.9. The maximum atomic E-state index is 13.5. The van der Waals surface area contributed by atoms with Crippen LogP contribution in [-0.2, 0) is 16.0 Å². The van der Waals surface area contributed by atoms with Crippen LogP contribution in [0.2, 0.25) is 0 Å². The molecule has 1 atom stereocenters. The molecule has 0 aliphatic carbocycles. The van der Waals surface area contributed by atoms with Gasteiger partial charge in [-0.05, 0) is 6.07 Å². The molecule has 2 rings (SSSR count). The van der Waals surface area contributed by atoms with Gasteiger partial charge in [0.15, 0.2) is 11.6 Å². The van der Waals surface area contributed by atoms with E-state index >= 15 is 0 Å².